The van der Waals surface area contributed by atoms with E-state index < -0.39 is 6.04 Å². The van der Waals surface area contributed by atoms with Gasteiger partial charge in [-0.25, -0.2) is 0 Å². The third kappa shape index (κ3) is 6.95. The number of aryl methyl sites for hydroxylation is 2. The minimum atomic E-state index is -0.459. The summed E-state index contributed by atoms with van der Waals surface area (Å²) in [6, 6.07) is 18.4. The maximum absolute atomic E-state index is 13.2. The molecule has 0 bridgehead atoms. The Morgan fingerprint density at radius 2 is 1.55 bits per heavy atom. The molecular formula is C27H36N2O2. The molecule has 2 aromatic rings. The van der Waals surface area contributed by atoms with Crippen LogP contribution in [-0.4, -0.2) is 35.3 Å². The van der Waals surface area contributed by atoms with Crippen LogP contribution in [0.5, 0.6) is 0 Å². The lowest BCUT2D eigenvalue weighted by Gasteiger charge is -2.30. The second-order valence-corrected chi connectivity index (χ2v) is 8.66. The van der Waals surface area contributed by atoms with Gasteiger partial charge in [-0.1, -0.05) is 74.4 Å². The topological polar surface area (TPSA) is 49.4 Å². The molecule has 2 aromatic carbocycles. The van der Waals surface area contributed by atoms with E-state index in [0.717, 1.165) is 31.2 Å². The summed E-state index contributed by atoms with van der Waals surface area (Å²) in [5.74, 6) is 0.0187. The molecule has 31 heavy (non-hydrogen) atoms. The summed E-state index contributed by atoms with van der Waals surface area (Å²) >= 11 is 0. The number of rotatable bonds is 10. The highest BCUT2D eigenvalue weighted by atomic mass is 16.2. The van der Waals surface area contributed by atoms with E-state index in [1.165, 1.54) is 24.0 Å². The standard InChI is InChI=1S/C27H36N2O2/c1-3-22-13-15-24(16-14-22)17-18-26(30)29(20-19-23-9-5-4-6-10-23)21(2)27(31)28-25-11-7-8-12-25/h4-6,9-10,13-16,21,25H,3,7-8,11-12,17-20H2,1-2H3,(H,28,31). The van der Waals surface area contributed by atoms with Gasteiger partial charge in [0.2, 0.25) is 11.8 Å². The molecule has 1 unspecified atom stereocenters. The highest BCUT2D eigenvalue weighted by Crippen LogP contribution is 2.18. The molecule has 1 fully saturated rings. The van der Waals surface area contributed by atoms with E-state index in [9.17, 15) is 9.59 Å². The number of carbonyl (C=O) groups is 2. The lowest BCUT2D eigenvalue weighted by atomic mass is 10.0. The molecular weight excluding hydrogens is 384 g/mol. The van der Waals surface area contributed by atoms with Crippen molar-refractivity contribution in [2.24, 2.45) is 0 Å². The van der Waals surface area contributed by atoms with Gasteiger partial charge in [0, 0.05) is 19.0 Å². The highest BCUT2D eigenvalue weighted by Gasteiger charge is 2.27. The fourth-order valence-electron chi connectivity index (χ4n) is 4.30. The molecule has 4 heteroatoms. The fraction of sp³-hybridized carbons (Fsp3) is 0.481. The monoisotopic (exact) mass is 420 g/mol. The van der Waals surface area contributed by atoms with Gasteiger partial charge in [-0.2, -0.15) is 0 Å². The SMILES string of the molecule is CCc1ccc(CCC(=O)N(CCc2ccccc2)C(C)C(=O)NC2CCCC2)cc1. The Morgan fingerprint density at radius 3 is 2.19 bits per heavy atom. The van der Waals surface area contributed by atoms with Crippen molar-refractivity contribution in [3.8, 4) is 0 Å². The van der Waals surface area contributed by atoms with Crippen LogP contribution in [0.1, 0.15) is 62.6 Å². The Balaban J connectivity index is 1.63. The van der Waals surface area contributed by atoms with Crippen molar-refractivity contribution in [1.82, 2.24) is 10.2 Å². The fourth-order valence-corrected chi connectivity index (χ4v) is 4.30. The van der Waals surface area contributed by atoms with Crippen molar-refractivity contribution < 1.29 is 9.59 Å². The zero-order valence-electron chi connectivity index (χ0n) is 19.0. The maximum atomic E-state index is 13.2. The van der Waals surface area contributed by atoms with Crippen LogP contribution in [0.4, 0.5) is 0 Å². The van der Waals surface area contributed by atoms with Crippen molar-refractivity contribution in [3.63, 3.8) is 0 Å². The van der Waals surface area contributed by atoms with Gasteiger partial charge in [0.15, 0.2) is 0 Å². The normalized spacial score (nSPS) is 14.9. The van der Waals surface area contributed by atoms with Crippen LogP contribution in [-0.2, 0) is 28.9 Å². The zero-order chi connectivity index (χ0) is 22.1. The van der Waals surface area contributed by atoms with E-state index in [4.69, 9.17) is 0 Å². The molecule has 166 valence electrons. The van der Waals surface area contributed by atoms with Crippen molar-refractivity contribution in [3.05, 3.63) is 71.3 Å². The van der Waals surface area contributed by atoms with E-state index in [-0.39, 0.29) is 17.9 Å². The van der Waals surface area contributed by atoms with Crippen LogP contribution in [0.2, 0.25) is 0 Å². The maximum Gasteiger partial charge on any atom is 0.242 e. The summed E-state index contributed by atoms with van der Waals surface area (Å²) in [4.78, 5) is 27.9. The number of nitrogens with one attached hydrogen (secondary N) is 1. The third-order valence-corrected chi connectivity index (χ3v) is 6.41. The predicted octanol–water partition coefficient (Wildman–Crippen LogP) is 4.70. The molecule has 4 nitrogen and oxygen atoms in total. The van der Waals surface area contributed by atoms with Crippen LogP contribution in [0.3, 0.4) is 0 Å². The number of carbonyl (C=O) groups excluding carboxylic acids is 2. The molecule has 0 spiro atoms. The first kappa shape index (κ1) is 23.1. The lowest BCUT2D eigenvalue weighted by Crippen LogP contribution is -2.50. The van der Waals surface area contributed by atoms with Gasteiger partial charge in [-0.15, -0.1) is 0 Å². The Hall–Kier alpha value is -2.62. The van der Waals surface area contributed by atoms with E-state index in [1.54, 1.807) is 4.90 Å². The molecule has 3 rings (SSSR count). The first-order valence-electron chi connectivity index (χ1n) is 11.8. The van der Waals surface area contributed by atoms with E-state index in [1.807, 2.05) is 25.1 Å². The number of nitrogens with zero attached hydrogens (tertiary/aromatic N) is 1. The predicted molar refractivity (Wildman–Crippen MR) is 126 cm³/mol. The van der Waals surface area contributed by atoms with Crippen molar-refractivity contribution in [2.45, 2.75) is 77.3 Å². The van der Waals surface area contributed by atoms with E-state index in [2.05, 4.69) is 48.6 Å². The Labute approximate surface area is 187 Å². The van der Waals surface area contributed by atoms with Gasteiger partial charge in [0.05, 0.1) is 0 Å². The molecule has 0 heterocycles. The third-order valence-electron chi connectivity index (χ3n) is 6.41. The molecule has 0 aromatic heterocycles. The average molecular weight is 421 g/mol. The molecule has 0 aliphatic heterocycles. The van der Waals surface area contributed by atoms with Crippen LogP contribution < -0.4 is 5.32 Å². The van der Waals surface area contributed by atoms with Gasteiger partial charge < -0.3 is 10.2 Å². The van der Waals surface area contributed by atoms with Crippen LogP contribution in [0, 0.1) is 0 Å². The van der Waals surface area contributed by atoms with Gasteiger partial charge >= 0.3 is 0 Å². The first-order valence-corrected chi connectivity index (χ1v) is 11.8. The smallest absolute Gasteiger partial charge is 0.242 e. The number of hydrogen-bond acceptors (Lipinski definition) is 2. The Kier molecular flexibility index (Phi) is 8.69. The molecule has 2 amide bonds. The quantitative estimate of drug-likeness (QED) is 0.606. The Bertz CT molecular complexity index is 826. The number of hydrogen-bond donors (Lipinski definition) is 1. The summed E-state index contributed by atoms with van der Waals surface area (Å²) in [6.45, 7) is 4.56. The summed E-state index contributed by atoms with van der Waals surface area (Å²) in [5, 5.41) is 3.17. The molecule has 1 aliphatic carbocycles. The van der Waals surface area contributed by atoms with E-state index >= 15 is 0 Å². The second-order valence-electron chi connectivity index (χ2n) is 8.66. The number of benzene rings is 2. The van der Waals surface area contributed by atoms with Crippen LogP contribution >= 0.6 is 0 Å². The van der Waals surface area contributed by atoms with Crippen LogP contribution in [0.25, 0.3) is 0 Å². The summed E-state index contributed by atoms with van der Waals surface area (Å²) < 4.78 is 0. The van der Waals surface area contributed by atoms with Gasteiger partial charge in [0.25, 0.3) is 0 Å². The molecule has 0 saturated heterocycles. The summed E-state index contributed by atoms with van der Waals surface area (Å²) in [5.41, 5.74) is 3.65. The van der Waals surface area contributed by atoms with Gasteiger partial charge in [-0.05, 0) is 55.7 Å². The molecule has 1 atom stereocenters. The Morgan fingerprint density at radius 1 is 0.935 bits per heavy atom. The van der Waals surface area contributed by atoms with Crippen molar-refractivity contribution in [2.75, 3.05) is 6.54 Å². The highest BCUT2D eigenvalue weighted by molar-refractivity contribution is 5.87. The van der Waals surface area contributed by atoms with Crippen LogP contribution in [0.15, 0.2) is 54.6 Å². The van der Waals surface area contributed by atoms with Crippen molar-refractivity contribution >= 4 is 11.8 Å². The summed E-state index contributed by atoms with van der Waals surface area (Å²) in [7, 11) is 0. The largest absolute Gasteiger partial charge is 0.352 e. The van der Waals surface area contributed by atoms with Gasteiger partial charge in [-0.3, -0.25) is 9.59 Å². The summed E-state index contributed by atoms with van der Waals surface area (Å²) in [6.07, 6.45) is 7.32. The average Bonchev–Trinajstić information content (AvgIpc) is 3.31. The zero-order valence-corrected chi connectivity index (χ0v) is 19.0. The van der Waals surface area contributed by atoms with E-state index in [0.29, 0.717) is 19.4 Å². The van der Waals surface area contributed by atoms with Crippen molar-refractivity contribution in [1.29, 1.82) is 0 Å². The minimum Gasteiger partial charge on any atom is -0.352 e. The van der Waals surface area contributed by atoms with Gasteiger partial charge in [0.1, 0.15) is 6.04 Å². The second kappa shape index (κ2) is 11.7. The number of amides is 2. The molecule has 1 N–H and O–H groups in total. The molecule has 1 saturated carbocycles. The minimum absolute atomic E-state index is 0.0272. The lowest BCUT2D eigenvalue weighted by molar-refractivity contribution is -0.140. The first-order chi connectivity index (χ1) is 15.1. The molecule has 1 aliphatic rings. The molecule has 0 radical (unpaired) electrons.